The maximum atomic E-state index is 5.92. The van der Waals surface area contributed by atoms with Crippen LogP contribution in [0.15, 0.2) is 12.7 Å². The summed E-state index contributed by atoms with van der Waals surface area (Å²) in [6.07, 6.45) is 5.72. The molecule has 0 amide bonds. The van der Waals surface area contributed by atoms with E-state index in [9.17, 15) is 0 Å². The molecule has 2 nitrogen and oxygen atoms in total. The van der Waals surface area contributed by atoms with Crippen molar-refractivity contribution in [2.45, 2.75) is 38.6 Å². The van der Waals surface area contributed by atoms with E-state index in [2.05, 4.69) is 25.7 Å². The van der Waals surface area contributed by atoms with Crippen molar-refractivity contribution in [3.63, 3.8) is 0 Å². The third-order valence-electron chi connectivity index (χ3n) is 3.75. The Morgan fingerprint density at radius 2 is 2.29 bits per heavy atom. The lowest BCUT2D eigenvalue weighted by Crippen LogP contribution is -2.58. The van der Waals surface area contributed by atoms with Gasteiger partial charge in [-0.05, 0) is 31.1 Å². The zero-order valence-electron chi connectivity index (χ0n) is 9.55. The summed E-state index contributed by atoms with van der Waals surface area (Å²) in [4.78, 5) is 0. The van der Waals surface area contributed by atoms with Crippen LogP contribution in [0.2, 0.25) is 0 Å². The van der Waals surface area contributed by atoms with Crippen molar-refractivity contribution >= 4 is 0 Å². The van der Waals surface area contributed by atoms with E-state index in [4.69, 9.17) is 5.73 Å². The first-order valence-electron chi connectivity index (χ1n) is 5.70. The second-order valence-corrected chi connectivity index (χ2v) is 4.81. The summed E-state index contributed by atoms with van der Waals surface area (Å²) in [5.41, 5.74) is 6.09. The summed E-state index contributed by atoms with van der Waals surface area (Å²) < 4.78 is 0. The monoisotopic (exact) mass is 196 g/mol. The summed E-state index contributed by atoms with van der Waals surface area (Å²) >= 11 is 0. The van der Waals surface area contributed by atoms with E-state index >= 15 is 0 Å². The normalized spacial score (nSPS) is 38.2. The van der Waals surface area contributed by atoms with E-state index in [0.29, 0.717) is 5.92 Å². The Bertz CT molecular complexity index is 191. The first-order valence-corrected chi connectivity index (χ1v) is 5.70. The Kier molecular flexibility index (Phi) is 4.14. The van der Waals surface area contributed by atoms with Gasteiger partial charge in [-0.15, -0.1) is 6.58 Å². The van der Waals surface area contributed by atoms with Crippen LogP contribution < -0.4 is 11.1 Å². The molecule has 0 heterocycles. The van der Waals surface area contributed by atoms with Crippen molar-refractivity contribution < 1.29 is 0 Å². The van der Waals surface area contributed by atoms with E-state index in [1.807, 2.05) is 6.08 Å². The molecule has 1 aliphatic carbocycles. The van der Waals surface area contributed by atoms with Crippen molar-refractivity contribution in [3.8, 4) is 0 Å². The molecule has 0 saturated heterocycles. The van der Waals surface area contributed by atoms with Crippen molar-refractivity contribution in [2.75, 3.05) is 13.1 Å². The number of hydrogen-bond acceptors (Lipinski definition) is 2. The summed E-state index contributed by atoms with van der Waals surface area (Å²) in [6.45, 7) is 10.0. The minimum Gasteiger partial charge on any atom is -0.329 e. The SMILES string of the molecule is C=CCNC1(CN)CCC(C)CC1C. The van der Waals surface area contributed by atoms with Gasteiger partial charge in [0, 0.05) is 18.6 Å². The van der Waals surface area contributed by atoms with Crippen molar-refractivity contribution in [1.82, 2.24) is 5.32 Å². The molecule has 1 rings (SSSR count). The molecule has 2 heteroatoms. The van der Waals surface area contributed by atoms with E-state index in [-0.39, 0.29) is 5.54 Å². The average molecular weight is 196 g/mol. The van der Waals surface area contributed by atoms with E-state index in [1.54, 1.807) is 0 Å². The highest BCUT2D eigenvalue weighted by atomic mass is 15.0. The molecule has 3 N–H and O–H groups in total. The number of hydrogen-bond donors (Lipinski definition) is 2. The van der Waals surface area contributed by atoms with Gasteiger partial charge in [-0.25, -0.2) is 0 Å². The lowest BCUT2D eigenvalue weighted by molar-refractivity contribution is 0.134. The molecule has 0 aromatic heterocycles. The first-order chi connectivity index (χ1) is 6.64. The average Bonchev–Trinajstić information content (AvgIpc) is 2.18. The zero-order chi connectivity index (χ0) is 10.6. The van der Waals surface area contributed by atoms with Crippen LogP contribution >= 0.6 is 0 Å². The minimum absolute atomic E-state index is 0.167. The van der Waals surface area contributed by atoms with Crippen molar-refractivity contribution in [2.24, 2.45) is 17.6 Å². The molecule has 3 unspecified atom stereocenters. The largest absolute Gasteiger partial charge is 0.329 e. The second kappa shape index (κ2) is 4.94. The molecule has 0 bridgehead atoms. The van der Waals surface area contributed by atoms with Gasteiger partial charge in [0.25, 0.3) is 0 Å². The molecule has 1 fully saturated rings. The molecule has 0 aromatic carbocycles. The topological polar surface area (TPSA) is 38.0 Å². The highest BCUT2D eigenvalue weighted by Crippen LogP contribution is 2.35. The Labute approximate surface area is 87.9 Å². The molecule has 0 radical (unpaired) electrons. The summed E-state index contributed by atoms with van der Waals surface area (Å²) in [7, 11) is 0. The summed E-state index contributed by atoms with van der Waals surface area (Å²) in [5.74, 6) is 1.53. The Morgan fingerprint density at radius 3 is 2.79 bits per heavy atom. The van der Waals surface area contributed by atoms with Crippen molar-refractivity contribution in [1.29, 1.82) is 0 Å². The van der Waals surface area contributed by atoms with E-state index in [0.717, 1.165) is 19.0 Å². The van der Waals surface area contributed by atoms with Gasteiger partial charge < -0.3 is 11.1 Å². The van der Waals surface area contributed by atoms with Crippen LogP contribution in [0.25, 0.3) is 0 Å². The third-order valence-corrected chi connectivity index (χ3v) is 3.75. The van der Waals surface area contributed by atoms with Gasteiger partial charge in [0.15, 0.2) is 0 Å². The van der Waals surface area contributed by atoms with Crippen LogP contribution in [-0.2, 0) is 0 Å². The maximum Gasteiger partial charge on any atom is 0.0332 e. The van der Waals surface area contributed by atoms with Crippen LogP contribution in [0.3, 0.4) is 0 Å². The van der Waals surface area contributed by atoms with Gasteiger partial charge in [-0.3, -0.25) is 0 Å². The second-order valence-electron chi connectivity index (χ2n) is 4.81. The maximum absolute atomic E-state index is 5.92. The fourth-order valence-electron chi connectivity index (χ4n) is 2.61. The van der Waals surface area contributed by atoms with Gasteiger partial charge >= 0.3 is 0 Å². The quantitative estimate of drug-likeness (QED) is 0.674. The zero-order valence-corrected chi connectivity index (χ0v) is 9.55. The summed E-state index contributed by atoms with van der Waals surface area (Å²) in [5, 5.41) is 3.56. The molecule has 0 aromatic rings. The molecule has 0 spiro atoms. The molecular formula is C12H24N2. The Hall–Kier alpha value is -0.340. The van der Waals surface area contributed by atoms with Gasteiger partial charge in [-0.1, -0.05) is 19.9 Å². The minimum atomic E-state index is 0.167. The van der Waals surface area contributed by atoms with Crippen molar-refractivity contribution in [3.05, 3.63) is 12.7 Å². The molecule has 1 aliphatic rings. The molecule has 82 valence electrons. The molecular weight excluding hydrogens is 172 g/mol. The van der Waals surface area contributed by atoms with Gasteiger partial charge in [-0.2, -0.15) is 0 Å². The molecule has 1 saturated carbocycles. The Morgan fingerprint density at radius 1 is 1.57 bits per heavy atom. The fraction of sp³-hybridized carbons (Fsp3) is 0.833. The van der Waals surface area contributed by atoms with Gasteiger partial charge in [0.05, 0.1) is 0 Å². The van der Waals surface area contributed by atoms with E-state index in [1.165, 1.54) is 19.3 Å². The fourth-order valence-corrected chi connectivity index (χ4v) is 2.61. The van der Waals surface area contributed by atoms with Crippen LogP contribution in [0.1, 0.15) is 33.1 Å². The third kappa shape index (κ3) is 2.37. The lowest BCUT2D eigenvalue weighted by atomic mass is 9.70. The highest BCUT2D eigenvalue weighted by Gasteiger charge is 2.38. The van der Waals surface area contributed by atoms with Gasteiger partial charge in [0.2, 0.25) is 0 Å². The molecule has 0 aliphatic heterocycles. The molecule has 14 heavy (non-hydrogen) atoms. The smallest absolute Gasteiger partial charge is 0.0332 e. The van der Waals surface area contributed by atoms with Crippen LogP contribution in [0.5, 0.6) is 0 Å². The predicted molar refractivity (Wildman–Crippen MR) is 62.2 cm³/mol. The number of rotatable bonds is 4. The summed E-state index contributed by atoms with van der Waals surface area (Å²) in [6, 6.07) is 0. The predicted octanol–water partition coefficient (Wildman–Crippen LogP) is 1.92. The first kappa shape index (κ1) is 11.7. The highest BCUT2D eigenvalue weighted by molar-refractivity contribution is 4.98. The Balaban J connectivity index is 2.62. The number of nitrogens with one attached hydrogen (secondary N) is 1. The van der Waals surface area contributed by atoms with Crippen LogP contribution in [0, 0.1) is 11.8 Å². The lowest BCUT2D eigenvalue weighted by Gasteiger charge is -2.44. The molecule has 3 atom stereocenters. The van der Waals surface area contributed by atoms with Crippen LogP contribution in [0.4, 0.5) is 0 Å². The van der Waals surface area contributed by atoms with Gasteiger partial charge in [0.1, 0.15) is 0 Å². The van der Waals surface area contributed by atoms with E-state index < -0.39 is 0 Å². The van der Waals surface area contributed by atoms with Crippen LogP contribution in [-0.4, -0.2) is 18.6 Å². The standard InChI is InChI=1S/C12H24N2/c1-4-7-14-12(9-13)6-5-10(2)8-11(12)3/h4,10-11,14H,1,5-9,13H2,2-3H3. The number of nitrogens with two attached hydrogens (primary N) is 1.